The molecule has 1 aliphatic carbocycles. The van der Waals surface area contributed by atoms with E-state index in [2.05, 4.69) is 32.5 Å². The van der Waals surface area contributed by atoms with E-state index in [-0.39, 0.29) is 29.9 Å². The zero-order valence-electron chi connectivity index (χ0n) is 17.9. The first-order chi connectivity index (χ1) is 13.6. The molecule has 1 heterocycles. The highest BCUT2D eigenvalue weighted by atomic mass is 16.6. The lowest BCUT2D eigenvalue weighted by Crippen LogP contribution is -2.42. The molecule has 160 valence electrons. The number of carbonyl (C=O) groups is 2. The second kappa shape index (κ2) is 9.58. The number of hydrazone groups is 1. The summed E-state index contributed by atoms with van der Waals surface area (Å²) in [7, 11) is 3.57. The van der Waals surface area contributed by atoms with Gasteiger partial charge in [0.2, 0.25) is 5.91 Å². The van der Waals surface area contributed by atoms with Gasteiger partial charge in [-0.25, -0.2) is 4.79 Å². The van der Waals surface area contributed by atoms with Gasteiger partial charge in [-0.3, -0.25) is 9.89 Å². The number of alkyl carbamates (subject to hydrolysis) is 1. The molecule has 0 aromatic carbocycles. The van der Waals surface area contributed by atoms with Crippen molar-refractivity contribution in [3.8, 4) is 0 Å². The summed E-state index contributed by atoms with van der Waals surface area (Å²) >= 11 is 0. The fourth-order valence-corrected chi connectivity index (χ4v) is 3.18. The number of amides is 2. The largest absolute Gasteiger partial charge is 0.446 e. The van der Waals surface area contributed by atoms with Crippen LogP contribution in [0.2, 0.25) is 0 Å². The predicted octanol–water partition coefficient (Wildman–Crippen LogP) is 3.00. The Labute approximate surface area is 171 Å². The molecule has 1 fully saturated rings. The molecule has 1 aliphatic rings. The molecule has 0 aliphatic heterocycles. The SMILES string of the molecule is C=C/C(CC(=O)Nc1cc(C2CCC(OC(=O)NC(C)(C)C)C2)[nH]n1)=N\N(C)C. The van der Waals surface area contributed by atoms with Crippen molar-refractivity contribution in [2.45, 2.75) is 64.0 Å². The van der Waals surface area contributed by atoms with Gasteiger partial charge in [0, 0.05) is 37.3 Å². The lowest BCUT2D eigenvalue weighted by atomic mass is 10.0. The lowest BCUT2D eigenvalue weighted by molar-refractivity contribution is -0.115. The first-order valence-corrected chi connectivity index (χ1v) is 9.77. The lowest BCUT2D eigenvalue weighted by Gasteiger charge is -2.22. The van der Waals surface area contributed by atoms with Gasteiger partial charge >= 0.3 is 6.09 Å². The van der Waals surface area contributed by atoms with E-state index in [1.165, 1.54) is 0 Å². The highest BCUT2D eigenvalue weighted by Crippen LogP contribution is 2.35. The summed E-state index contributed by atoms with van der Waals surface area (Å²) in [6.07, 6.45) is 3.57. The molecule has 0 radical (unpaired) electrons. The molecule has 29 heavy (non-hydrogen) atoms. The van der Waals surface area contributed by atoms with Crippen molar-refractivity contribution in [3.63, 3.8) is 0 Å². The quantitative estimate of drug-likeness (QED) is 0.478. The maximum Gasteiger partial charge on any atom is 0.407 e. The van der Waals surface area contributed by atoms with Crippen LogP contribution in [0, 0.1) is 0 Å². The summed E-state index contributed by atoms with van der Waals surface area (Å²) in [5.74, 6) is 0.461. The fraction of sp³-hybridized carbons (Fsp3) is 0.600. The molecular weight excluding hydrogens is 372 g/mol. The minimum Gasteiger partial charge on any atom is -0.446 e. The number of hydrogen-bond acceptors (Lipinski definition) is 6. The highest BCUT2D eigenvalue weighted by molar-refractivity contribution is 6.10. The first kappa shape index (κ1) is 22.4. The van der Waals surface area contributed by atoms with Crippen LogP contribution in [0.4, 0.5) is 10.6 Å². The molecule has 0 spiro atoms. The minimum absolute atomic E-state index is 0.117. The molecule has 1 aromatic rings. The molecule has 1 aromatic heterocycles. The van der Waals surface area contributed by atoms with E-state index in [1.807, 2.05) is 26.8 Å². The molecule has 9 heteroatoms. The van der Waals surface area contributed by atoms with Gasteiger partial charge < -0.3 is 20.4 Å². The number of ether oxygens (including phenoxy) is 1. The van der Waals surface area contributed by atoms with E-state index < -0.39 is 6.09 Å². The van der Waals surface area contributed by atoms with Crippen LogP contribution in [-0.4, -0.2) is 58.7 Å². The Kier molecular flexibility index (Phi) is 7.41. The van der Waals surface area contributed by atoms with E-state index in [0.29, 0.717) is 11.5 Å². The van der Waals surface area contributed by atoms with Gasteiger partial charge in [0.05, 0.1) is 12.1 Å². The van der Waals surface area contributed by atoms with Crippen molar-refractivity contribution < 1.29 is 14.3 Å². The van der Waals surface area contributed by atoms with Gasteiger partial charge in [-0.1, -0.05) is 6.58 Å². The topological polar surface area (TPSA) is 112 Å². The van der Waals surface area contributed by atoms with Gasteiger partial charge in [-0.2, -0.15) is 10.2 Å². The molecule has 2 unspecified atom stereocenters. The number of anilines is 1. The van der Waals surface area contributed by atoms with Crippen LogP contribution in [0.5, 0.6) is 0 Å². The van der Waals surface area contributed by atoms with Gasteiger partial charge in [-0.05, 0) is 46.1 Å². The minimum atomic E-state index is -0.391. The van der Waals surface area contributed by atoms with Gasteiger partial charge in [0.15, 0.2) is 5.82 Å². The van der Waals surface area contributed by atoms with Crippen LogP contribution in [0.15, 0.2) is 23.8 Å². The molecule has 9 nitrogen and oxygen atoms in total. The number of allylic oxidation sites excluding steroid dienone is 1. The summed E-state index contributed by atoms with van der Waals surface area (Å²) in [6, 6.07) is 1.83. The van der Waals surface area contributed by atoms with Crippen molar-refractivity contribution in [2.75, 3.05) is 19.4 Å². The van der Waals surface area contributed by atoms with Gasteiger partial charge in [0.1, 0.15) is 6.10 Å². The predicted molar refractivity (Wildman–Crippen MR) is 113 cm³/mol. The average Bonchev–Trinajstić information content (AvgIpc) is 3.21. The van der Waals surface area contributed by atoms with Gasteiger partial charge in [0.25, 0.3) is 0 Å². The third-order valence-corrected chi connectivity index (χ3v) is 4.35. The maximum absolute atomic E-state index is 12.2. The molecular formula is C20H32N6O3. The first-order valence-electron chi connectivity index (χ1n) is 9.77. The van der Waals surface area contributed by atoms with Crippen LogP contribution < -0.4 is 10.6 Å². The van der Waals surface area contributed by atoms with E-state index in [4.69, 9.17) is 4.74 Å². The molecule has 2 rings (SSSR count). The zero-order chi connectivity index (χ0) is 21.6. The zero-order valence-corrected chi connectivity index (χ0v) is 17.9. The number of nitrogens with one attached hydrogen (secondary N) is 3. The second-order valence-electron chi connectivity index (χ2n) is 8.49. The molecule has 2 atom stereocenters. The van der Waals surface area contributed by atoms with Crippen molar-refractivity contribution in [2.24, 2.45) is 5.10 Å². The van der Waals surface area contributed by atoms with Crippen molar-refractivity contribution >= 4 is 23.5 Å². The normalized spacial score (nSPS) is 19.6. The van der Waals surface area contributed by atoms with Crippen LogP contribution in [0.1, 0.15) is 58.1 Å². The average molecular weight is 405 g/mol. The van der Waals surface area contributed by atoms with Gasteiger partial charge in [-0.15, -0.1) is 0 Å². The number of hydrogen-bond donors (Lipinski definition) is 3. The standard InChI is InChI=1S/C20H32N6O3/c1-7-14(25-26(5)6)11-18(27)21-17-12-16(23-24-17)13-8-9-15(10-13)29-19(28)22-20(2,3)4/h7,12-13,15H,1,8-11H2,2-6H3,(H,22,28)(H2,21,23,24,27)/b25-14+. The number of rotatable bonds is 7. The fourth-order valence-electron chi connectivity index (χ4n) is 3.18. The highest BCUT2D eigenvalue weighted by Gasteiger charge is 2.30. The maximum atomic E-state index is 12.2. The Morgan fingerprint density at radius 1 is 1.41 bits per heavy atom. The third-order valence-electron chi connectivity index (χ3n) is 4.35. The number of nitrogens with zero attached hydrogens (tertiary/aromatic N) is 3. The number of carbonyl (C=O) groups excluding carboxylic acids is 2. The van der Waals surface area contributed by atoms with Crippen LogP contribution in [0.25, 0.3) is 0 Å². The number of aromatic nitrogens is 2. The Bertz CT molecular complexity index is 763. The van der Waals surface area contributed by atoms with E-state index in [0.717, 1.165) is 25.0 Å². The number of H-pyrrole nitrogens is 1. The van der Waals surface area contributed by atoms with E-state index >= 15 is 0 Å². The summed E-state index contributed by atoms with van der Waals surface area (Å²) < 4.78 is 5.52. The van der Waals surface area contributed by atoms with Crippen molar-refractivity contribution in [3.05, 3.63) is 24.4 Å². The third kappa shape index (κ3) is 7.59. The summed E-state index contributed by atoms with van der Waals surface area (Å²) in [6.45, 7) is 9.42. The Balaban J connectivity index is 1.86. The Morgan fingerprint density at radius 3 is 2.76 bits per heavy atom. The monoisotopic (exact) mass is 404 g/mol. The van der Waals surface area contributed by atoms with Crippen LogP contribution >= 0.6 is 0 Å². The Hall–Kier alpha value is -2.84. The molecule has 0 bridgehead atoms. The molecule has 2 amide bonds. The van der Waals surface area contributed by atoms with Crippen molar-refractivity contribution in [1.82, 2.24) is 20.5 Å². The molecule has 3 N–H and O–H groups in total. The summed E-state index contributed by atoms with van der Waals surface area (Å²) in [4.78, 5) is 24.1. The smallest absolute Gasteiger partial charge is 0.407 e. The number of aromatic amines is 1. The van der Waals surface area contributed by atoms with Crippen LogP contribution in [-0.2, 0) is 9.53 Å². The van der Waals surface area contributed by atoms with Crippen molar-refractivity contribution in [1.29, 1.82) is 0 Å². The summed E-state index contributed by atoms with van der Waals surface area (Å²) in [5, 5.41) is 18.6. The molecule has 0 saturated heterocycles. The Morgan fingerprint density at radius 2 is 2.14 bits per heavy atom. The van der Waals surface area contributed by atoms with E-state index in [9.17, 15) is 9.59 Å². The summed E-state index contributed by atoms with van der Waals surface area (Å²) in [5.41, 5.74) is 1.18. The molecule has 1 saturated carbocycles. The van der Waals surface area contributed by atoms with E-state index in [1.54, 1.807) is 25.2 Å². The van der Waals surface area contributed by atoms with Crippen LogP contribution in [0.3, 0.4) is 0 Å². The second-order valence-corrected chi connectivity index (χ2v) is 8.49.